The summed E-state index contributed by atoms with van der Waals surface area (Å²) in [7, 11) is -3.86. The molecule has 5 rings (SSSR count). The topological polar surface area (TPSA) is 107 Å². The van der Waals surface area contributed by atoms with Crippen LogP contribution in [-0.4, -0.2) is 25.0 Å². The minimum atomic E-state index is -3.86. The second-order valence-corrected chi connectivity index (χ2v) is 10.4. The number of aromatic nitrogens is 2. The highest BCUT2D eigenvalue weighted by Gasteiger charge is 2.16. The van der Waals surface area contributed by atoms with Gasteiger partial charge in [-0.25, -0.2) is 28.1 Å². The highest BCUT2D eigenvalue weighted by atomic mass is 32.2. The Kier molecular flexibility index (Phi) is 6.93. The third-order valence-corrected chi connectivity index (χ3v) is 7.12. The zero-order chi connectivity index (χ0) is 26.7. The van der Waals surface area contributed by atoms with Gasteiger partial charge in [0.05, 0.1) is 22.5 Å². The smallest absolute Gasteiger partial charge is 0.264 e. The number of nitrogens with zero attached hydrogens (tertiary/aromatic N) is 3. The van der Waals surface area contributed by atoms with Crippen molar-refractivity contribution in [3.63, 3.8) is 0 Å². The quantitative estimate of drug-likeness (QED) is 0.281. The minimum Gasteiger partial charge on any atom is -0.494 e. The fourth-order valence-corrected chi connectivity index (χ4v) is 4.82. The molecule has 2 aromatic heterocycles. The SMILES string of the molecule is CCOc1ccc2oc(-c3ccc(C)cc3)cc(=Nc3ccc(S(=O)(=O)Nc4nccc(C)n4)cc3)c2c1. The van der Waals surface area contributed by atoms with Gasteiger partial charge in [-0.3, -0.25) is 0 Å². The summed E-state index contributed by atoms with van der Waals surface area (Å²) in [6.45, 7) is 6.26. The van der Waals surface area contributed by atoms with Crippen LogP contribution in [0.15, 0.2) is 99.4 Å². The molecule has 0 saturated carbocycles. The van der Waals surface area contributed by atoms with Gasteiger partial charge in [-0.1, -0.05) is 29.8 Å². The van der Waals surface area contributed by atoms with Crippen LogP contribution in [0.4, 0.5) is 11.6 Å². The molecule has 0 aliphatic heterocycles. The van der Waals surface area contributed by atoms with E-state index in [0.29, 0.717) is 40.4 Å². The van der Waals surface area contributed by atoms with E-state index >= 15 is 0 Å². The molecule has 38 heavy (non-hydrogen) atoms. The van der Waals surface area contributed by atoms with E-state index in [4.69, 9.17) is 14.1 Å². The van der Waals surface area contributed by atoms with Crippen LogP contribution >= 0.6 is 0 Å². The van der Waals surface area contributed by atoms with Crippen LogP contribution < -0.4 is 14.8 Å². The van der Waals surface area contributed by atoms with Gasteiger partial charge in [-0.2, -0.15) is 0 Å². The van der Waals surface area contributed by atoms with Crippen molar-refractivity contribution in [2.45, 2.75) is 25.7 Å². The molecule has 8 nitrogen and oxygen atoms in total. The van der Waals surface area contributed by atoms with Gasteiger partial charge in [-0.15, -0.1) is 0 Å². The summed E-state index contributed by atoms with van der Waals surface area (Å²) in [6, 6.07) is 23.6. The number of nitrogens with one attached hydrogen (secondary N) is 1. The number of anilines is 1. The minimum absolute atomic E-state index is 0.0204. The van der Waals surface area contributed by atoms with Crippen LogP contribution in [0, 0.1) is 13.8 Å². The number of aryl methyl sites for hydroxylation is 2. The first-order valence-electron chi connectivity index (χ1n) is 12.1. The van der Waals surface area contributed by atoms with Crippen LogP contribution in [0.1, 0.15) is 18.2 Å². The molecule has 0 bridgehead atoms. The highest BCUT2D eigenvalue weighted by Crippen LogP contribution is 2.26. The van der Waals surface area contributed by atoms with Crippen molar-refractivity contribution in [2.75, 3.05) is 11.3 Å². The Balaban J connectivity index is 1.56. The van der Waals surface area contributed by atoms with Crippen LogP contribution in [0.3, 0.4) is 0 Å². The Labute approximate surface area is 220 Å². The van der Waals surface area contributed by atoms with Gasteiger partial charge in [0, 0.05) is 28.9 Å². The third-order valence-electron chi connectivity index (χ3n) is 5.78. The normalized spacial score (nSPS) is 12.0. The molecule has 2 heterocycles. The van der Waals surface area contributed by atoms with E-state index in [1.807, 2.05) is 62.4 Å². The molecule has 5 aromatic rings. The average molecular weight is 527 g/mol. The predicted molar refractivity (Wildman–Crippen MR) is 147 cm³/mol. The van der Waals surface area contributed by atoms with E-state index in [0.717, 1.165) is 16.5 Å². The summed E-state index contributed by atoms with van der Waals surface area (Å²) in [5.74, 6) is 1.40. The molecule has 0 radical (unpaired) electrons. The van der Waals surface area contributed by atoms with E-state index < -0.39 is 10.0 Å². The Hall–Kier alpha value is -4.50. The first-order chi connectivity index (χ1) is 18.3. The number of hydrogen-bond acceptors (Lipinski definition) is 7. The van der Waals surface area contributed by atoms with Crippen LogP contribution in [0.5, 0.6) is 5.75 Å². The van der Waals surface area contributed by atoms with E-state index in [1.54, 1.807) is 25.1 Å². The monoisotopic (exact) mass is 526 g/mol. The van der Waals surface area contributed by atoms with E-state index in [-0.39, 0.29) is 10.8 Å². The summed E-state index contributed by atoms with van der Waals surface area (Å²) < 4.78 is 40.0. The molecule has 0 aliphatic rings. The molecule has 0 amide bonds. The second kappa shape index (κ2) is 10.5. The van der Waals surface area contributed by atoms with Gasteiger partial charge in [0.15, 0.2) is 0 Å². The molecular formula is C29H26N4O4S. The Morgan fingerprint density at radius 1 is 0.947 bits per heavy atom. The maximum absolute atomic E-state index is 12.8. The molecule has 1 N–H and O–H groups in total. The summed E-state index contributed by atoms with van der Waals surface area (Å²) in [5, 5.41) is 1.45. The van der Waals surface area contributed by atoms with Crippen molar-refractivity contribution in [1.29, 1.82) is 0 Å². The first kappa shape index (κ1) is 25.2. The lowest BCUT2D eigenvalue weighted by Crippen LogP contribution is -2.15. The van der Waals surface area contributed by atoms with Gasteiger partial charge in [0.2, 0.25) is 5.95 Å². The standard InChI is InChI=1S/C29H26N4O4S/c1-4-36-23-11-14-27-25(17-23)26(18-28(37-27)21-7-5-19(2)6-8-21)32-22-9-12-24(13-10-22)38(34,35)33-29-30-16-15-20(3)31-29/h5-18H,4H2,1-3H3,(H,30,31,33). The lowest BCUT2D eigenvalue weighted by Gasteiger charge is -2.09. The largest absolute Gasteiger partial charge is 0.494 e. The first-order valence-corrected chi connectivity index (χ1v) is 13.5. The van der Waals surface area contributed by atoms with Crippen molar-refractivity contribution in [3.8, 4) is 17.1 Å². The van der Waals surface area contributed by atoms with Gasteiger partial charge >= 0.3 is 0 Å². The molecule has 9 heteroatoms. The summed E-state index contributed by atoms with van der Waals surface area (Å²) in [5.41, 5.74) is 3.98. The molecule has 0 unspecified atom stereocenters. The van der Waals surface area contributed by atoms with Crippen molar-refractivity contribution in [3.05, 3.63) is 102 Å². The fraction of sp³-hybridized carbons (Fsp3) is 0.138. The van der Waals surface area contributed by atoms with Crippen LogP contribution in [-0.2, 0) is 10.0 Å². The zero-order valence-electron chi connectivity index (χ0n) is 21.2. The average Bonchev–Trinajstić information content (AvgIpc) is 2.89. The van der Waals surface area contributed by atoms with E-state index in [2.05, 4.69) is 14.7 Å². The predicted octanol–water partition coefficient (Wildman–Crippen LogP) is 5.94. The van der Waals surface area contributed by atoms with Gasteiger partial charge < -0.3 is 9.15 Å². The molecule has 0 atom stereocenters. The van der Waals surface area contributed by atoms with Crippen molar-refractivity contribution in [1.82, 2.24) is 9.97 Å². The maximum Gasteiger partial charge on any atom is 0.264 e. The molecule has 0 saturated heterocycles. The van der Waals surface area contributed by atoms with Crippen molar-refractivity contribution < 1.29 is 17.6 Å². The summed E-state index contributed by atoms with van der Waals surface area (Å²) in [4.78, 5) is 13.0. The maximum atomic E-state index is 12.8. The molecule has 0 spiro atoms. The lowest BCUT2D eigenvalue weighted by molar-refractivity contribution is 0.340. The molecule has 0 aliphatic carbocycles. The Bertz CT molecular complexity index is 1780. The summed E-state index contributed by atoms with van der Waals surface area (Å²) in [6.07, 6.45) is 1.50. The molecule has 3 aromatic carbocycles. The van der Waals surface area contributed by atoms with Crippen molar-refractivity contribution >= 4 is 32.6 Å². The van der Waals surface area contributed by atoms with E-state index in [9.17, 15) is 8.42 Å². The van der Waals surface area contributed by atoms with E-state index in [1.165, 1.54) is 18.3 Å². The summed E-state index contributed by atoms with van der Waals surface area (Å²) >= 11 is 0. The number of sulfonamides is 1. The fourth-order valence-electron chi connectivity index (χ4n) is 3.87. The lowest BCUT2D eigenvalue weighted by atomic mass is 10.1. The number of benzene rings is 3. The van der Waals surface area contributed by atoms with Crippen LogP contribution in [0.2, 0.25) is 0 Å². The number of fused-ring (bicyclic) bond motifs is 1. The highest BCUT2D eigenvalue weighted by molar-refractivity contribution is 7.92. The number of hydrogen-bond donors (Lipinski definition) is 1. The number of ether oxygens (including phenoxy) is 1. The van der Waals surface area contributed by atoms with Gasteiger partial charge in [-0.05, 0) is 69.3 Å². The molecule has 192 valence electrons. The Morgan fingerprint density at radius 3 is 2.42 bits per heavy atom. The third kappa shape index (κ3) is 5.57. The van der Waals surface area contributed by atoms with Crippen LogP contribution in [0.25, 0.3) is 22.3 Å². The molecule has 0 fully saturated rings. The second-order valence-electron chi connectivity index (χ2n) is 8.69. The molecular weight excluding hydrogens is 500 g/mol. The van der Waals surface area contributed by atoms with Crippen molar-refractivity contribution in [2.24, 2.45) is 4.99 Å². The van der Waals surface area contributed by atoms with Gasteiger partial charge in [0.1, 0.15) is 17.1 Å². The zero-order valence-corrected chi connectivity index (χ0v) is 22.0. The van der Waals surface area contributed by atoms with Gasteiger partial charge in [0.25, 0.3) is 10.0 Å². The Morgan fingerprint density at radius 2 is 1.71 bits per heavy atom. The number of rotatable bonds is 7.